The number of carbonyl (C=O) groups is 1. The average molecular weight is 237 g/mol. The van der Waals surface area contributed by atoms with Crippen LogP contribution in [0.5, 0.6) is 5.75 Å². The molecule has 0 spiro atoms. The summed E-state index contributed by atoms with van der Waals surface area (Å²) in [5, 5.41) is 11.8. The molecule has 0 saturated carbocycles. The molecule has 1 aromatic rings. The lowest BCUT2D eigenvalue weighted by Gasteiger charge is -2.09. The first kappa shape index (κ1) is 13.5. The Hall–Kier alpha value is -1.55. The molecule has 4 nitrogen and oxygen atoms in total. The number of hydrogen-bond donors (Lipinski definition) is 2. The number of hydrogen-bond acceptors (Lipinski definition) is 3. The molecule has 2 N–H and O–H groups in total. The van der Waals surface area contributed by atoms with E-state index >= 15 is 0 Å². The molecule has 0 atom stereocenters. The summed E-state index contributed by atoms with van der Waals surface area (Å²) in [5.74, 6) is 0.423. The highest BCUT2D eigenvalue weighted by molar-refractivity contribution is 5.77. The zero-order chi connectivity index (χ0) is 12.5. The Labute approximate surface area is 102 Å². The van der Waals surface area contributed by atoms with Crippen molar-refractivity contribution in [3.8, 4) is 5.75 Å². The molecule has 0 aliphatic rings. The van der Waals surface area contributed by atoms with Crippen molar-refractivity contribution in [3.63, 3.8) is 0 Å². The van der Waals surface area contributed by atoms with Gasteiger partial charge in [-0.15, -0.1) is 0 Å². The molecular weight excluding hydrogens is 218 g/mol. The average Bonchev–Trinajstić information content (AvgIpc) is 2.37. The van der Waals surface area contributed by atoms with Crippen LogP contribution in [0.1, 0.15) is 25.3 Å². The van der Waals surface area contributed by atoms with Crippen LogP contribution >= 0.6 is 0 Å². The van der Waals surface area contributed by atoms with Gasteiger partial charge in [0.2, 0.25) is 0 Å². The summed E-state index contributed by atoms with van der Waals surface area (Å²) in [5.41, 5.74) is 0.689. The van der Waals surface area contributed by atoms with Gasteiger partial charge in [-0.2, -0.15) is 0 Å². The van der Waals surface area contributed by atoms with Gasteiger partial charge in [0.25, 0.3) is 5.91 Å². The number of aliphatic hydroxyl groups excluding tert-OH is 1. The lowest BCUT2D eigenvalue weighted by Crippen LogP contribution is -2.29. The number of rotatable bonds is 7. The van der Waals surface area contributed by atoms with E-state index in [9.17, 15) is 4.79 Å². The molecule has 1 amide bonds. The van der Waals surface area contributed by atoms with Gasteiger partial charge in [0.1, 0.15) is 5.75 Å². The van der Waals surface area contributed by atoms with Gasteiger partial charge in [-0.3, -0.25) is 4.79 Å². The van der Waals surface area contributed by atoms with Crippen molar-refractivity contribution < 1.29 is 14.6 Å². The fourth-order valence-corrected chi connectivity index (χ4v) is 1.37. The molecule has 17 heavy (non-hydrogen) atoms. The maximum Gasteiger partial charge on any atom is 0.257 e. The molecule has 4 heteroatoms. The van der Waals surface area contributed by atoms with Crippen molar-refractivity contribution in [2.45, 2.75) is 26.4 Å². The fraction of sp³-hybridized carbons (Fsp3) is 0.462. The van der Waals surface area contributed by atoms with E-state index in [0.717, 1.165) is 12.8 Å². The Morgan fingerprint density at radius 2 is 2.18 bits per heavy atom. The van der Waals surface area contributed by atoms with E-state index in [1.54, 1.807) is 12.1 Å². The highest BCUT2D eigenvalue weighted by Gasteiger charge is 2.05. The molecule has 94 valence electrons. The van der Waals surface area contributed by atoms with E-state index in [2.05, 4.69) is 12.2 Å². The highest BCUT2D eigenvalue weighted by atomic mass is 16.5. The van der Waals surface area contributed by atoms with E-state index in [1.807, 2.05) is 12.1 Å². The van der Waals surface area contributed by atoms with Crippen LogP contribution in [0.3, 0.4) is 0 Å². The van der Waals surface area contributed by atoms with Gasteiger partial charge in [0.15, 0.2) is 6.61 Å². The quantitative estimate of drug-likeness (QED) is 0.706. The number of ether oxygens (including phenoxy) is 1. The minimum absolute atomic E-state index is 0.0132. The van der Waals surface area contributed by atoms with Crippen LogP contribution in [0.25, 0.3) is 0 Å². The topological polar surface area (TPSA) is 58.6 Å². The molecule has 0 heterocycles. The van der Waals surface area contributed by atoms with Crippen molar-refractivity contribution in [3.05, 3.63) is 29.8 Å². The van der Waals surface area contributed by atoms with Crippen LogP contribution in [0.4, 0.5) is 0 Å². The molecule has 0 radical (unpaired) electrons. The SMILES string of the molecule is CCCCNC(=O)COc1ccccc1CO. The summed E-state index contributed by atoms with van der Waals surface area (Å²) in [7, 11) is 0. The van der Waals surface area contributed by atoms with E-state index in [-0.39, 0.29) is 19.1 Å². The number of nitrogens with one attached hydrogen (secondary N) is 1. The smallest absolute Gasteiger partial charge is 0.257 e. The number of para-hydroxylation sites is 1. The second-order valence-electron chi connectivity index (χ2n) is 3.76. The van der Waals surface area contributed by atoms with Crippen LogP contribution in [0.15, 0.2) is 24.3 Å². The predicted molar refractivity (Wildman–Crippen MR) is 65.8 cm³/mol. The third-order valence-corrected chi connectivity index (χ3v) is 2.35. The molecule has 0 saturated heterocycles. The van der Waals surface area contributed by atoms with Crippen LogP contribution in [-0.2, 0) is 11.4 Å². The standard InChI is InChI=1S/C13H19NO3/c1-2-3-8-14-13(16)10-17-12-7-5-4-6-11(12)9-15/h4-7,15H,2-3,8-10H2,1H3,(H,14,16). The van der Waals surface area contributed by atoms with Crippen molar-refractivity contribution in [2.24, 2.45) is 0 Å². The van der Waals surface area contributed by atoms with E-state index < -0.39 is 0 Å². The first-order valence-electron chi connectivity index (χ1n) is 5.86. The number of amides is 1. The van der Waals surface area contributed by atoms with Crippen LogP contribution in [-0.4, -0.2) is 24.2 Å². The summed E-state index contributed by atoms with van der Waals surface area (Å²) in [6.45, 7) is 2.65. The molecule has 0 aliphatic carbocycles. The number of benzene rings is 1. The summed E-state index contributed by atoms with van der Waals surface area (Å²) < 4.78 is 5.35. The van der Waals surface area contributed by atoms with Crippen molar-refractivity contribution in [1.29, 1.82) is 0 Å². The number of carbonyl (C=O) groups excluding carboxylic acids is 1. The van der Waals surface area contributed by atoms with E-state index in [1.165, 1.54) is 0 Å². The molecule has 0 bridgehead atoms. The van der Waals surface area contributed by atoms with Gasteiger partial charge < -0.3 is 15.2 Å². The molecule has 0 aliphatic heterocycles. The maximum atomic E-state index is 11.4. The van der Waals surface area contributed by atoms with Crippen LogP contribution < -0.4 is 10.1 Å². The fourth-order valence-electron chi connectivity index (χ4n) is 1.37. The molecule has 1 aromatic carbocycles. The Bertz CT molecular complexity index is 352. The van der Waals surface area contributed by atoms with Crippen molar-refractivity contribution in [1.82, 2.24) is 5.32 Å². The molecule has 1 rings (SSSR count). The second-order valence-corrected chi connectivity index (χ2v) is 3.76. The maximum absolute atomic E-state index is 11.4. The van der Waals surface area contributed by atoms with Gasteiger partial charge in [0, 0.05) is 12.1 Å². The van der Waals surface area contributed by atoms with E-state index in [4.69, 9.17) is 9.84 Å². The Kier molecular flexibility index (Phi) is 6.10. The van der Waals surface area contributed by atoms with Gasteiger partial charge in [-0.25, -0.2) is 0 Å². The zero-order valence-corrected chi connectivity index (χ0v) is 10.1. The van der Waals surface area contributed by atoms with Crippen LogP contribution in [0, 0.1) is 0 Å². The van der Waals surface area contributed by atoms with Gasteiger partial charge in [-0.05, 0) is 12.5 Å². The predicted octanol–water partition coefficient (Wildman–Crippen LogP) is 1.47. The Morgan fingerprint density at radius 1 is 1.41 bits per heavy atom. The Morgan fingerprint density at radius 3 is 2.88 bits per heavy atom. The first-order chi connectivity index (χ1) is 8.27. The van der Waals surface area contributed by atoms with Crippen molar-refractivity contribution in [2.75, 3.05) is 13.2 Å². The lowest BCUT2D eigenvalue weighted by molar-refractivity contribution is -0.123. The monoisotopic (exact) mass is 237 g/mol. The number of unbranched alkanes of at least 4 members (excludes halogenated alkanes) is 1. The molecular formula is C13H19NO3. The highest BCUT2D eigenvalue weighted by Crippen LogP contribution is 2.17. The van der Waals surface area contributed by atoms with Crippen molar-refractivity contribution >= 4 is 5.91 Å². The van der Waals surface area contributed by atoms with Gasteiger partial charge in [-0.1, -0.05) is 31.5 Å². The third-order valence-electron chi connectivity index (χ3n) is 2.35. The minimum Gasteiger partial charge on any atom is -0.483 e. The lowest BCUT2D eigenvalue weighted by atomic mass is 10.2. The Balaban J connectivity index is 2.36. The second kappa shape index (κ2) is 7.68. The largest absolute Gasteiger partial charge is 0.483 e. The number of aliphatic hydroxyl groups is 1. The van der Waals surface area contributed by atoms with E-state index in [0.29, 0.717) is 17.9 Å². The summed E-state index contributed by atoms with van der Waals surface area (Å²) in [6.07, 6.45) is 2.02. The molecule has 0 fully saturated rings. The van der Waals surface area contributed by atoms with Crippen LogP contribution in [0.2, 0.25) is 0 Å². The third kappa shape index (κ3) is 4.87. The summed E-state index contributed by atoms with van der Waals surface area (Å²) in [6, 6.07) is 7.14. The molecule has 0 aromatic heterocycles. The summed E-state index contributed by atoms with van der Waals surface area (Å²) >= 11 is 0. The summed E-state index contributed by atoms with van der Waals surface area (Å²) in [4.78, 5) is 11.4. The normalized spacial score (nSPS) is 10.0. The zero-order valence-electron chi connectivity index (χ0n) is 10.1. The van der Waals surface area contributed by atoms with Gasteiger partial charge >= 0.3 is 0 Å². The minimum atomic E-state index is -0.133. The first-order valence-corrected chi connectivity index (χ1v) is 5.86. The molecule has 0 unspecified atom stereocenters. The van der Waals surface area contributed by atoms with Gasteiger partial charge in [0.05, 0.1) is 6.61 Å².